The minimum atomic E-state index is -3.60. The molecule has 0 amide bonds. The monoisotopic (exact) mass is 343 g/mol. The van der Waals surface area contributed by atoms with E-state index in [4.69, 9.17) is 5.73 Å². The summed E-state index contributed by atoms with van der Waals surface area (Å²) in [5.41, 5.74) is 6.12. The van der Waals surface area contributed by atoms with Gasteiger partial charge in [0.15, 0.2) is 9.84 Å². The van der Waals surface area contributed by atoms with Crippen LogP contribution >= 0.6 is 15.9 Å². The Morgan fingerprint density at radius 1 is 1.16 bits per heavy atom. The Kier molecular flexibility index (Phi) is 3.91. The molecule has 19 heavy (non-hydrogen) atoms. The molecule has 0 atom stereocenters. The number of benzene rings is 2. The van der Waals surface area contributed by atoms with Crippen LogP contribution in [-0.4, -0.2) is 8.42 Å². The summed E-state index contributed by atoms with van der Waals surface area (Å²) in [5.74, 6) is -0.748. The zero-order valence-electron chi connectivity index (χ0n) is 9.81. The van der Waals surface area contributed by atoms with Gasteiger partial charge >= 0.3 is 0 Å². The van der Waals surface area contributed by atoms with Gasteiger partial charge in [-0.1, -0.05) is 34.1 Å². The molecule has 2 aromatic rings. The van der Waals surface area contributed by atoms with E-state index < -0.39 is 15.7 Å². The lowest BCUT2D eigenvalue weighted by molar-refractivity contribution is 0.594. The van der Waals surface area contributed by atoms with E-state index in [1.807, 2.05) is 0 Å². The molecule has 100 valence electrons. The molecular formula is C13H11BrFNO2S. The van der Waals surface area contributed by atoms with Gasteiger partial charge in [-0.15, -0.1) is 0 Å². The maximum atomic E-state index is 12.9. The highest BCUT2D eigenvalue weighted by atomic mass is 79.9. The van der Waals surface area contributed by atoms with Gasteiger partial charge in [0, 0.05) is 4.47 Å². The summed E-state index contributed by atoms with van der Waals surface area (Å²) >= 11 is 3.30. The van der Waals surface area contributed by atoms with Gasteiger partial charge in [-0.25, -0.2) is 12.8 Å². The Balaban J connectivity index is 2.41. The number of halogens is 2. The Bertz CT molecular complexity index is 716. The average Bonchev–Trinajstić information content (AvgIpc) is 2.31. The van der Waals surface area contributed by atoms with Crippen molar-refractivity contribution >= 4 is 31.5 Å². The number of anilines is 1. The van der Waals surface area contributed by atoms with Crippen molar-refractivity contribution in [1.82, 2.24) is 0 Å². The van der Waals surface area contributed by atoms with Crippen LogP contribution < -0.4 is 5.73 Å². The molecular weight excluding hydrogens is 333 g/mol. The van der Waals surface area contributed by atoms with Crippen LogP contribution in [0.3, 0.4) is 0 Å². The van der Waals surface area contributed by atoms with Crippen molar-refractivity contribution < 1.29 is 12.8 Å². The van der Waals surface area contributed by atoms with Gasteiger partial charge in [0.1, 0.15) is 5.82 Å². The minimum Gasteiger partial charge on any atom is -0.398 e. The summed E-state index contributed by atoms with van der Waals surface area (Å²) in [5, 5.41) is 0. The van der Waals surface area contributed by atoms with Gasteiger partial charge in [0.2, 0.25) is 0 Å². The topological polar surface area (TPSA) is 60.2 Å². The summed E-state index contributed by atoms with van der Waals surface area (Å²) in [6, 6.07) is 10.3. The number of hydrogen-bond acceptors (Lipinski definition) is 3. The van der Waals surface area contributed by atoms with Gasteiger partial charge < -0.3 is 5.73 Å². The lowest BCUT2D eigenvalue weighted by Gasteiger charge is -2.09. The average molecular weight is 344 g/mol. The fourth-order valence-electron chi connectivity index (χ4n) is 1.70. The number of rotatable bonds is 3. The maximum absolute atomic E-state index is 12.9. The first-order valence-electron chi connectivity index (χ1n) is 5.41. The van der Waals surface area contributed by atoms with E-state index in [1.165, 1.54) is 6.07 Å². The molecule has 0 aromatic heterocycles. The fourth-order valence-corrected chi connectivity index (χ4v) is 3.82. The number of sulfone groups is 1. The minimum absolute atomic E-state index is 0.0512. The van der Waals surface area contributed by atoms with Gasteiger partial charge in [-0.2, -0.15) is 0 Å². The van der Waals surface area contributed by atoms with Crippen LogP contribution in [0.5, 0.6) is 0 Å². The van der Waals surface area contributed by atoms with E-state index in [0.717, 1.165) is 12.1 Å². The van der Waals surface area contributed by atoms with E-state index in [-0.39, 0.29) is 16.3 Å². The van der Waals surface area contributed by atoms with Crippen molar-refractivity contribution in [2.45, 2.75) is 10.6 Å². The molecule has 3 nitrogen and oxygen atoms in total. The fraction of sp³-hybridized carbons (Fsp3) is 0.0769. The van der Waals surface area contributed by atoms with E-state index in [1.54, 1.807) is 24.3 Å². The second-order valence-electron chi connectivity index (χ2n) is 4.03. The van der Waals surface area contributed by atoms with Crippen molar-refractivity contribution in [2.24, 2.45) is 0 Å². The summed E-state index contributed by atoms with van der Waals surface area (Å²) in [6.07, 6.45) is 0. The quantitative estimate of drug-likeness (QED) is 0.687. The predicted molar refractivity (Wildman–Crippen MR) is 75.8 cm³/mol. The molecule has 0 aliphatic carbocycles. The molecule has 6 heteroatoms. The highest BCUT2D eigenvalue weighted by Crippen LogP contribution is 2.26. The molecule has 2 N–H and O–H groups in total. The van der Waals surface area contributed by atoms with Gasteiger partial charge in [-0.3, -0.25) is 0 Å². The maximum Gasteiger partial charge on any atom is 0.184 e. The van der Waals surface area contributed by atoms with Crippen molar-refractivity contribution in [2.75, 3.05) is 5.73 Å². The molecule has 0 fully saturated rings. The van der Waals surface area contributed by atoms with Crippen molar-refractivity contribution in [1.29, 1.82) is 0 Å². The summed E-state index contributed by atoms with van der Waals surface area (Å²) in [7, 11) is -3.60. The molecule has 0 unspecified atom stereocenters. The Hall–Kier alpha value is -1.40. The SMILES string of the molecule is Nc1cc(F)ccc1S(=O)(=O)Cc1ccccc1Br. The zero-order chi connectivity index (χ0) is 14.0. The Morgan fingerprint density at radius 2 is 1.84 bits per heavy atom. The molecule has 0 radical (unpaired) electrons. The smallest absolute Gasteiger partial charge is 0.184 e. The Morgan fingerprint density at radius 3 is 2.47 bits per heavy atom. The van der Waals surface area contributed by atoms with E-state index in [0.29, 0.717) is 10.0 Å². The molecule has 0 aliphatic heterocycles. The van der Waals surface area contributed by atoms with Crippen LogP contribution in [0.2, 0.25) is 0 Å². The lowest BCUT2D eigenvalue weighted by atomic mass is 10.2. The second-order valence-corrected chi connectivity index (χ2v) is 6.84. The second kappa shape index (κ2) is 5.30. The highest BCUT2D eigenvalue weighted by molar-refractivity contribution is 9.10. The summed E-state index contributed by atoms with van der Waals surface area (Å²) in [6.45, 7) is 0. The van der Waals surface area contributed by atoms with Gasteiger partial charge in [-0.05, 0) is 29.8 Å². The Labute approximate surface area is 119 Å². The van der Waals surface area contributed by atoms with Gasteiger partial charge in [0.05, 0.1) is 16.3 Å². The molecule has 0 saturated carbocycles. The molecule has 2 aromatic carbocycles. The number of hydrogen-bond donors (Lipinski definition) is 1. The predicted octanol–water partition coefficient (Wildman–Crippen LogP) is 3.14. The molecule has 0 spiro atoms. The standard InChI is InChI=1S/C13H11BrFNO2S/c14-11-4-2-1-3-9(11)8-19(17,18)13-6-5-10(15)7-12(13)16/h1-7H,8,16H2. The third-order valence-electron chi connectivity index (χ3n) is 2.61. The third-order valence-corrected chi connectivity index (χ3v) is 5.12. The number of nitrogen functional groups attached to an aromatic ring is 1. The van der Waals surface area contributed by atoms with Gasteiger partial charge in [0.25, 0.3) is 0 Å². The largest absolute Gasteiger partial charge is 0.398 e. The lowest BCUT2D eigenvalue weighted by Crippen LogP contribution is -2.08. The van der Waals surface area contributed by atoms with Crippen LogP contribution in [0.4, 0.5) is 10.1 Å². The van der Waals surface area contributed by atoms with Crippen LogP contribution in [0.25, 0.3) is 0 Å². The van der Waals surface area contributed by atoms with Crippen LogP contribution in [0.15, 0.2) is 51.8 Å². The molecule has 0 bridgehead atoms. The number of nitrogens with two attached hydrogens (primary N) is 1. The first kappa shape index (κ1) is 14.0. The molecule has 0 saturated heterocycles. The molecule has 0 aliphatic rings. The van der Waals surface area contributed by atoms with E-state index in [2.05, 4.69) is 15.9 Å². The van der Waals surface area contributed by atoms with E-state index in [9.17, 15) is 12.8 Å². The first-order valence-corrected chi connectivity index (χ1v) is 7.86. The van der Waals surface area contributed by atoms with Crippen LogP contribution in [-0.2, 0) is 15.6 Å². The normalized spacial score (nSPS) is 11.5. The first-order chi connectivity index (χ1) is 8.90. The van der Waals surface area contributed by atoms with Crippen LogP contribution in [0.1, 0.15) is 5.56 Å². The summed E-state index contributed by atoms with van der Waals surface area (Å²) in [4.78, 5) is -0.0512. The highest BCUT2D eigenvalue weighted by Gasteiger charge is 2.19. The third kappa shape index (κ3) is 3.13. The zero-order valence-corrected chi connectivity index (χ0v) is 12.2. The van der Waals surface area contributed by atoms with Crippen LogP contribution in [0, 0.1) is 5.82 Å². The van der Waals surface area contributed by atoms with Crippen molar-refractivity contribution in [3.63, 3.8) is 0 Å². The molecule has 2 rings (SSSR count). The molecule has 0 heterocycles. The van der Waals surface area contributed by atoms with Crippen molar-refractivity contribution in [3.05, 3.63) is 58.3 Å². The van der Waals surface area contributed by atoms with Crippen molar-refractivity contribution in [3.8, 4) is 0 Å². The summed E-state index contributed by atoms with van der Waals surface area (Å²) < 4.78 is 38.2. The van der Waals surface area contributed by atoms with E-state index >= 15 is 0 Å².